The molecule has 0 fully saturated rings. The summed E-state index contributed by atoms with van der Waals surface area (Å²) < 4.78 is 24.7. The molecule has 22 heavy (non-hydrogen) atoms. The van der Waals surface area contributed by atoms with Crippen molar-refractivity contribution in [3.05, 3.63) is 59.4 Å². The maximum absolute atomic E-state index is 13.6. The second-order valence-corrected chi connectivity index (χ2v) is 5.46. The smallest absolute Gasteiger partial charge is 0.164 e. The summed E-state index contributed by atoms with van der Waals surface area (Å²) in [6, 6.07) is 13.1. The molecule has 1 aliphatic rings. The molecule has 1 atom stereocenters. The molecule has 2 aromatic rings. The minimum Gasteiger partial charge on any atom is -0.493 e. The second kappa shape index (κ2) is 6.79. The molecule has 0 saturated carbocycles. The summed E-state index contributed by atoms with van der Waals surface area (Å²) in [6.45, 7) is 1.33. The van der Waals surface area contributed by atoms with E-state index in [2.05, 4.69) is 11.4 Å². The van der Waals surface area contributed by atoms with E-state index < -0.39 is 0 Å². The predicted molar refractivity (Wildman–Crippen MR) is 84.1 cm³/mol. The molecule has 3 nitrogen and oxygen atoms in total. The van der Waals surface area contributed by atoms with Gasteiger partial charge in [0, 0.05) is 6.04 Å². The Morgan fingerprint density at radius 1 is 1.23 bits per heavy atom. The predicted octanol–water partition coefficient (Wildman–Crippen LogP) is 2.97. The molecular weight excluding hydrogens is 281 g/mol. The second-order valence-electron chi connectivity index (χ2n) is 5.46. The van der Waals surface area contributed by atoms with Crippen molar-refractivity contribution in [3.8, 4) is 11.5 Å². The summed E-state index contributed by atoms with van der Waals surface area (Å²) in [5.74, 6) is 1.48. The van der Waals surface area contributed by atoms with E-state index >= 15 is 0 Å². The Balaban J connectivity index is 1.56. The summed E-state index contributed by atoms with van der Waals surface area (Å²) in [5, 5.41) is 3.44. The van der Waals surface area contributed by atoms with Crippen LogP contribution >= 0.6 is 0 Å². The first kappa shape index (κ1) is 14.9. The zero-order chi connectivity index (χ0) is 15.4. The fourth-order valence-corrected chi connectivity index (χ4v) is 2.80. The number of rotatable bonds is 5. The summed E-state index contributed by atoms with van der Waals surface area (Å²) in [6.07, 6.45) is 1.57. The molecule has 0 saturated heterocycles. The Bertz CT molecular complexity index is 645. The first-order chi connectivity index (χ1) is 10.8. The summed E-state index contributed by atoms with van der Waals surface area (Å²) >= 11 is 0. The van der Waals surface area contributed by atoms with Crippen LogP contribution < -0.4 is 14.8 Å². The van der Waals surface area contributed by atoms with Gasteiger partial charge in [0.1, 0.15) is 12.4 Å². The normalized spacial score (nSPS) is 16.7. The number of ether oxygens (including phenoxy) is 2. The number of methoxy groups -OCH3 is 1. The zero-order valence-electron chi connectivity index (χ0n) is 12.6. The van der Waals surface area contributed by atoms with E-state index in [0.717, 1.165) is 35.6 Å². The van der Waals surface area contributed by atoms with E-state index in [9.17, 15) is 4.39 Å². The van der Waals surface area contributed by atoms with Crippen LogP contribution in [0.25, 0.3) is 0 Å². The highest BCUT2D eigenvalue weighted by molar-refractivity contribution is 5.48. The van der Waals surface area contributed by atoms with Crippen LogP contribution in [0.3, 0.4) is 0 Å². The Morgan fingerprint density at radius 3 is 2.91 bits per heavy atom. The van der Waals surface area contributed by atoms with Crippen LogP contribution in [0.1, 0.15) is 11.1 Å². The fraction of sp³-hybridized carbons (Fsp3) is 0.333. The van der Waals surface area contributed by atoms with Gasteiger partial charge in [0.2, 0.25) is 0 Å². The van der Waals surface area contributed by atoms with Gasteiger partial charge in [0.05, 0.1) is 7.11 Å². The van der Waals surface area contributed by atoms with E-state index in [-0.39, 0.29) is 11.9 Å². The maximum atomic E-state index is 13.6. The molecule has 116 valence electrons. The quantitative estimate of drug-likeness (QED) is 0.921. The van der Waals surface area contributed by atoms with Gasteiger partial charge in [-0.1, -0.05) is 30.3 Å². The van der Waals surface area contributed by atoms with Crippen LogP contribution in [0.5, 0.6) is 11.5 Å². The van der Waals surface area contributed by atoms with E-state index in [0.29, 0.717) is 13.0 Å². The van der Waals surface area contributed by atoms with Gasteiger partial charge in [0.25, 0.3) is 0 Å². The molecule has 0 unspecified atom stereocenters. The third-order valence-corrected chi connectivity index (χ3v) is 3.96. The third kappa shape index (κ3) is 3.22. The van der Waals surface area contributed by atoms with Gasteiger partial charge in [-0.15, -0.1) is 0 Å². The van der Waals surface area contributed by atoms with Gasteiger partial charge in [0.15, 0.2) is 11.5 Å². The first-order valence-electron chi connectivity index (χ1n) is 7.53. The summed E-state index contributed by atoms with van der Waals surface area (Å²) in [5.41, 5.74) is 1.89. The largest absolute Gasteiger partial charge is 0.493 e. The fourth-order valence-electron chi connectivity index (χ4n) is 2.80. The van der Waals surface area contributed by atoms with E-state index in [1.54, 1.807) is 13.2 Å². The highest BCUT2D eigenvalue weighted by Gasteiger charge is 2.22. The van der Waals surface area contributed by atoms with Gasteiger partial charge >= 0.3 is 0 Å². The number of hydrogen-bond acceptors (Lipinski definition) is 3. The lowest BCUT2D eigenvalue weighted by atomic mass is 10.0. The van der Waals surface area contributed by atoms with Gasteiger partial charge in [-0.3, -0.25) is 0 Å². The minimum atomic E-state index is -0.140. The summed E-state index contributed by atoms with van der Waals surface area (Å²) in [7, 11) is 1.65. The van der Waals surface area contributed by atoms with Crippen molar-refractivity contribution in [2.24, 2.45) is 0 Å². The minimum absolute atomic E-state index is 0.140. The van der Waals surface area contributed by atoms with Gasteiger partial charge in [-0.2, -0.15) is 0 Å². The van der Waals surface area contributed by atoms with Crippen LogP contribution in [0.15, 0.2) is 42.5 Å². The number of nitrogens with one attached hydrogen (secondary N) is 1. The van der Waals surface area contributed by atoms with Gasteiger partial charge < -0.3 is 14.8 Å². The number of para-hydroxylation sites is 1. The number of benzene rings is 2. The SMILES string of the molecule is COc1cccc2c1OC[C@@H](NCCc1ccccc1F)C2. The standard InChI is InChI=1S/C18H20FNO2/c1-21-17-8-4-6-14-11-15(12-22-18(14)17)20-10-9-13-5-2-3-7-16(13)19/h2-8,15,20H,9-12H2,1H3/t15-/m0/s1. The maximum Gasteiger partial charge on any atom is 0.164 e. The molecule has 1 N–H and O–H groups in total. The van der Waals surface area contributed by atoms with Crippen molar-refractivity contribution in [2.75, 3.05) is 20.3 Å². The van der Waals surface area contributed by atoms with Crippen molar-refractivity contribution in [3.63, 3.8) is 0 Å². The Morgan fingerprint density at radius 2 is 2.09 bits per heavy atom. The number of halogens is 1. The lowest BCUT2D eigenvalue weighted by Crippen LogP contribution is -2.40. The van der Waals surface area contributed by atoms with Crippen molar-refractivity contribution in [2.45, 2.75) is 18.9 Å². The lowest BCUT2D eigenvalue weighted by molar-refractivity contribution is 0.228. The van der Waals surface area contributed by atoms with Gasteiger partial charge in [-0.05, 0) is 42.6 Å². The van der Waals surface area contributed by atoms with E-state index in [1.165, 1.54) is 6.07 Å². The van der Waals surface area contributed by atoms with Crippen LogP contribution in [-0.4, -0.2) is 26.3 Å². The van der Waals surface area contributed by atoms with Crippen LogP contribution in [0.2, 0.25) is 0 Å². The van der Waals surface area contributed by atoms with Crippen molar-refractivity contribution in [1.82, 2.24) is 5.32 Å². The molecule has 0 radical (unpaired) electrons. The monoisotopic (exact) mass is 301 g/mol. The molecule has 0 amide bonds. The molecule has 3 rings (SSSR count). The molecule has 0 bridgehead atoms. The molecule has 1 heterocycles. The molecule has 0 spiro atoms. The zero-order valence-corrected chi connectivity index (χ0v) is 12.6. The average Bonchev–Trinajstić information content (AvgIpc) is 2.56. The molecule has 0 aliphatic carbocycles. The number of hydrogen-bond donors (Lipinski definition) is 1. The van der Waals surface area contributed by atoms with Gasteiger partial charge in [-0.25, -0.2) is 4.39 Å². The Labute approximate surface area is 130 Å². The molecule has 0 aromatic heterocycles. The molecular formula is C18H20FNO2. The van der Waals surface area contributed by atoms with Crippen molar-refractivity contribution < 1.29 is 13.9 Å². The van der Waals surface area contributed by atoms with Crippen LogP contribution in [-0.2, 0) is 12.8 Å². The highest BCUT2D eigenvalue weighted by atomic mass is 19.1. The van der Waals surface area contributed by atoms with Crippen LogP contribution in [0.4, 0.5) is 4.39 Å². The van der Waals surface area contributed by atoms with E-state index in [4.69, 9.17) is 9.47 Å². The molecule has 1 aliphatic heterocycles. The number of fused-ring (bicyclic) bond motifs is 1. The Hall–Kier alpha value is -2.07. The summed E-state index contributed by atoms with van der Waals surface area (Å²) in [4.78, 5) is 0. The third-order valence-electron chi connectivity index (χ3n) is 3.96. The average molecular weight is 301 g/mol. The molecule has 2 aromatic carbocycles. The highest BCUT2D eigenvalue weighted by Crippen LogP contribution is 2.34. The lowest BCUT2D eigenvalue weighted by Gasteiger charge is -2.27. The van der Waals surface area contributed by atoms with Crippen molar-refractivity contribution in [1.29, 1.82) is 0 Å². The molecule has 4 heteroatoms. The first-order valence-corrected chi connectivity index (χ1v) is 7.53. The topological polar surface area (TPSA) is 30.5 Å². The van der Waals surface area contributed by atoms with E-state index in [1.807, 2.05) is 24.3 Å². The van der Waals surface area contributed by atoms with Crippen molar-refractivity contribution >= 4 is 0 Å². The Kier molecular flexibility index (Phi) is 4.59. The van der Waals surface area contributed by atoms with Crippen LogP contribution in [0, 0.1) is 5.82 Å².